The zero-order chi connectivity index (χ0) is 12.2. The van der Waals surface area contributed by atoms with E-state index in [1.54, 1.807) is 0 Å². The zero-order valence-corrected chi connectivity index (χ0v) is 9.51. The van der Waals surface area contributed by atoms with Crippen molar-refractivity contribution in [1.82, 2.24) is 15.3 Å². The minimum Gasteiger partial charge on any atom is -0.394 e. The molecule has 1 aromatic heterocycles. The molecule has 16 heavy (non-hydrogen) atoms. The number of aliphatic hydroxyl groups excluding tert-OH is 2. The molecular formula is C10H18N4O2. The molecule has 1 heterocycles. The summed E-state index contributed by atoms with van der Waals surface area (Å²) in [5.74, 6) is 0.180. The fourth-order valence-corrected chi connectivity index (χ4v) is 1.07. The van der Waals surface area contributed by atoms with Crippen LogP contribution in [0.5, 0.6) is 0 Å². The summed E-state index contributed by atoms with van der Waals surface area (Å²) in [6.07, 6.45) is 2.26. The van der Waals surface area contributed by atoms with Gasteiger partial charge < -0.3 is 21.3 Å². The third kappa shape index (κ3) is 3.73. The van der Waals surface area contributed by atoms with Crippen LogP contribution in [0.1, 0.15) is 25.5 Å². The van der Waals surface area contributed by atoms with Crippen molar-refractivity contribution in [2.75, 3.05) is 18.9 Å². The quantitative estimate of drug-likeness (QED) is 0.537. The molecule has 5 N–H and O–H groups in total. The molecule has 0 fully saturated rings. The van der Waals surface area contributed by atoms with Crippen LogP contribution in [0.2, 0.25) is 0 Å². The first-order valence-electron chi connectivity index (χ1n) is 5.06. The maximum Gasteiger partial charge on any atom is 0.219 e. The number of nitrogens with zero attached hydrogens (tertiary/aromatic N) is 2. The van der Waals surface area contributed by atoms with Gasteiger partial charge in [0.1, 0.15) is 0 Å². The minimum atomic E-state index is -0.716. The molecule has 0 aliphatic heterocycles. The molecule has 0 radical (unpaired) electrons. The number of aliphatic hydroxyl groups is 2. The lowest BCUT2D eigenvalue weighted by Gasteiger charge is -2.25. The van der Waals surface area contributed by atoms with Gasteiger partial charge in [0.2, 0.25) is 5.95 Å². The Kier molecular flexibility index (Phi) is 4.17. The molecule has 90 valence electrons. The second-order valence-electron chi connectivity index (χ2n) is 4.31. The van der Waals surface area contributed by atoms with Gasteiger partial charge in [-0.1, -0.05) is 0 Å². The van der Waals surface area contributed by atoms with E-state index < -0.39 is 11.6 Å². The number of β-amino-alcohol motifs (C(OH)–C–C–N with tert-alkyl or cyclic N) is 1. The second kappa shape index (κ2) is 5.20. The van der Waals surface area contributed by atoms with Crippen molar-refractivity contribution in [3.63, 3.8) is 0 Å². The van der Waals surface area contributed by atoms with E-state index in [0.717, 1.165) is 0 Å². The first-order valence-corrected chi connectivity index (χ1v) is 5.06. The van der Waals surface area contributed by atoms with Crippen LogP contribution < -0.4 is 11.1 Å². The SMILES string of the molecule is CC(C)(CO)NCC(O)c1cnc(N)nc1. The summed E-state index contributed by atoms with van der Waals surface area (Å²) in [5.41, 5.74) is 5.51. The Morgan fingerprint density at radius 1 is 1.44 bits per heavy atom. The Morgan fingerprint density at radius 3 is 2.50 bits per heavy atom. The summed E-state index contributed by atoms with van der Waals surface area (Å²) in [6.45, 7) is 4.01. The van der Waals surface area contributed by atoms with Crippen LogP contribution in [0.4, 0.5) is 5.95 Å². The third-order valence-corrected chi connectivity index (χ3v) is 2.25. The highest BCUT2D eigenvalue weighted by Crippen LogP contribution is 2.11. The zero-order valence-electron chi connectivity index (χ0n) is 9.51. The number of nitrogens with two attached hydrogens (primary N) is 1. The van der Waals surface area contributed by atoms with Crippen molar-refractivity contribution in [2.24, 2.45) is 0 Å². The molecule has 0 bridgehead atoms. The molecule has 1 unspecified atom stereocenters. The molecule has 1 atom stereocenters. The van der Waals surface area contributed by atoms with Gasteiger partial charge >= 0.3 is 0 Å². The molecule has 0 saturated heterocycles. The number of aromatic nitrogens is 2. The van der Waals surface area contributed by atoms with Crippen LogP contribution in [-0.2, 0) is 0 Å². The van der Waals surface area contributed by atoms with Crippen LogP contribution >= 0.6 is 0 Å². The number of rotatable bonds is 5. The predicted molar refractivity (Wildman–Crippen MR) is 60.6 cm³/mol. The highest BCUT2D eigenvalue weighted by atomic mass is 16.3. The maximum absolute atomic E-state index is 9.81. The van der Waals surface area contributed by atoms with Crippen LogP contribution in [-0.4, -0.2) is 38.9 Å². The summed E-state index contributed by atoms with van der Waals surface area (Å²) in [5, 5.41) is 21.9. The topological polar surface area (TPSA) is 104 Å². The van der Waals surface area contributed by atoms with Crippen LogP contribution in [0.15, 0.2) is 12.4 Å². The normalized spacial score (nSPS) is 13.8. The van der Waals surface area contributed by atoms with Gasteiger partial charge in [0, 0.05) is 30.0 Å². The van der Waals surface area contributed by atoms with E-state index in [1.165, 1.54) is 12.4 Å². The highest BCUT2D eigenvalue weighted by Gasteiger charge is 2.18. The van der Waals surface area contributed by atoms with E-state index >= 15 is 0 Å². The largest absolute Gasteiger partial charge is 0.394 e. The van der Waals surface area contributed by atoms with Crippen molar-refractivity contribution in [3.05, 3.63) is 18.0 Å². The van der Waals surface area contributed by atoms with E-state index in [2.05, 4.69) is 15.3 Å². The smallest absolute Gasteiger partial charge is 0.219 e. The number of nitrogen functional groups attached to an aromatic ring is 1. The monoisotopic (exact) mass is 226 g/mol. The summed E-state index contributed by atoms with van der Waals surface area (Å²) in [4.78, 5) is 7.59. The Morgan fingerprint density at radius 2 is 2.00 bits per heavy atom. The number of nitrogens with one attached hydrogen (secondary N) is 1. The van der Waals surface area contributed by atoms with Gasteiger partial charge in [-0.3, -0.25) is 0 Å². The van der Waals surface area contributed by atoms with Gasteiger partial charge in [0.05, 0.1) is 12.7 Å². The molecule has 6 nitrogen and oxygen atoms in total. The predicted octanol–water partition coefficient (Wildman–Crippen LogP) is -0.547. The van der Waals surface area contributed by atoms with Gasteiger partial charge in [-0.15, -0.1) is 0 Å². The molecule has 0 spiro atoms. The molecular weight excluding hydrogens is 208 g/mol. The Labute approximate surface area is 94.5 Å². The van der Waals surface area contributed by atoms with Crippen molar-refractivity contribution in [1.29, 1.82) is 0 Å². The maximum atomic E-state index is 9.81. The van der Waals surface area contributed by atoms with Crippen molar-refractivity contribution >= 4 is 5.95 Å². The Balaban J connectivity index is 2.53. The highest BCUT2D eigenvalue weighted by molar-refractivity contribution is 5.18. The van der Waals surface area contributed by atoms with Crippen LogP contribution in [0.25, 0.3) is 0 Å². The number of hydrogen-bond donors (Lipinski definition) is 4. The van der Waals surface area contributed by atoms with Gasteiger partial charge in [-0.05, 0) is 13.8 Å². The van der Waals surface area contributed by atoms with E-state index in [1.807, 2.05) is 13.8 Å². The van der Waals surface area contributed by atoms with Gasteiger partial charge in [-0.25, -0.2) is 9.97 Å². The van der Waals surface area contributed by atoms with E-state index in [9.17, 15) is 5.11 Å². The summed E-state index contributed by atoms with van der Waals surface area (Å²) in [6, 6.07) is 0. The van der Waals surface area contributed by atoms with Crippen molar-refractivity contribution in [3.8, 4) is 0 Å². The van der Waals surface area contributed by atoms with Gasteiger partial charge in [0.15, 0.2) is 0 Å². The van der Waals surface area contributed by atoms with E-state index in [0.29, 0.717) is 12.1 Å². The lowest BCUT2D eigenvalue weighted by molar-refractivity contribution is 0.135. The number of hydrogen-bond acceptors (Lipinski definition) is 6. The first-order chi connectivity index (χ1) is 7.44. The standard InChI is InChI=1S/C10H18N4O2/c1-10(2,6-15)14-5-8(16)7-3-12-9(11)13-4-7/h3-4,8,14-16H,5-6H2,1-2H3,(H2,11,12,13). The van der Waals surface area contributed by atoms with E-state index in [-0.39, 0.29) is 12.6 Å². The lowest BCUT2D eigenvalue weighted by Crippen LogP contribution is -2.44. The molecule has 1 aromatic rings. The van der Waals surface area contributed by atoms with Gasteiger partial charge in [-0.2, -0.15) is 0 Å². The second-order valence-corrected chi connectivity index (χ2v) is 4.31. The Hall–Kier alpha value is -1.24. The Bertz CT molecular complexity index is 326. The molecule has 0 aliphatic carbocycles. The molecule has 0 aliphatic rings. The average Bonchev–Trinajstić information content (AvgIpc) is 2.27. The molecule has 1 rings (SSSR count). The fraction of sp³-hybridized carbons (Fsp3) is 0.600. The number of anilines is 1. The first kappa shape index (κ1) is 12.8. The lowest BCUT2D eigenvalue weighted by atomic mass is 10.1. The van der Waals surface area contributed by atoms with E-state index in [4.69, 9.17) is 10.8 Å². The van der Waals surface area contributed by atoms with Crippen molar-refractivity contribution < 1.29 is 10.2 Å². The van der Waals surface area contributed by atoms with Gasteiger partial charge in [0.25, 0.3) is 0 Å². The average molecular weight is 226 g/mol. The summed E-state index contributed by atoms with van der Waals surface area (Å²) in [7, 11) is 0. The molecule has 0 aromatic carbocycles. The molecule has 0 amide bonds. The molecule has 0 saturated carbocycles. The van der Waals surface area contributed by atoms with Crippen LogP contribution in [0, 0.1) is 0 Å². The molecule has 6 heteroatoms. The van der Waals surface area contributed by atoms with Crippen molar-refractivity contribution in [2.45, 2.75) is 25.5 Å². The third-order valence-electron chi connectivity index (χ3n) is 2.25. The summed E-state index contributed by atoms with van der Waals surface area (Å²) >= 11 is 0. The summed E-state index contributed by atoms with van der Waals surface area (Å²) < 4.78 is 0. The van der Waals surface area contributed by atoms with Crippen LogP contribution in [0.3, 0.4) is 0 Å². The minimum absolute atomic E-state index is 0.00203. The fourth-order valence-electron chi connectivity index (χ4n) is 1.07.